The van der Waals surface area contributed by atoms with Crippen LogP contribution in [0.4, 0.5) is 0 Å². The van der Waals surface area contributed by atoms with Crippen LogP contribution in [0.3, 0.4) is 0 Å². The van der Waals surface area contributed by atoms with Gasteiger partial charge >= 0.3 is 5.97 Å². The number of carbonyl (C=O) groups excluding carboxylic acids is 1. The van der Waals surface area contributed by atoms with Gasteiger partial charge in [-0.05, 0) is 13.3 Å². The molecule has 0 bridgehead atoms. The molecule has 0 amide bonds. The Kier molecular flexibility index (Phi) is 6.52. The Morgan fingerprint density at radius 1 is 1.64 bits per heavy atom. The second-order valence-corrected chi connectivity index (χ2v) is 2.66. The van der Waals surface area contributed by atoms with E-state index in [4.69, 9.17) is 5.73 Å². The molecule has 0 rings (SSSR count). The smallest absolute Gasteiger partial charge is 0.325 e. The van der Waals surface area contributed by atoms with Crippen molar-refractivity contribution < 1.29 is 9.53 Å². The maximum atomic E-state index is 10.9. The van der Waals surface area contributed by atoms with Crippen LogP contribution in [0.5, 0.6) is 0 Å². The molecule has 0 radical (unpaired) electrons. The molecule has 0 aliphatic rings. The van der Waals surface area contributed by atoms with Gasteiger partial charge in [-0.2, -0.15) is 0 Å². The molecule has 1 atom stereocenters. The molecule has 0 aliphatic heterocycles. The predicted molar refractivity (Wildman–Crippen MR) is 46.8 cm³/mol. The maximum Gasteiger partial charge on any atom is 0.325 e. The summed E-state index contributed by atoms with van der Waals surface area (Å²) in [5.41, 5.74) is 4.80. The summed E-state index contributed by atoms with van der Waals surface area (Å²) in [5.74, 6) is -0.339. The first-order chi connectivity index (χ1) is 4.54. The summed E-state index contributed by atoms with van der Waals surface area (Å²) >= 11 is 0. The van der Waals surface area contributed by atoms with E-state index in [9.17, 15) is 4.79 Å². The van der Waals surface area contributed by atoms with Crippen LogP contribution in [-0.2, 0) is 9.53 Å². The van der Waals surface area contributed by atoms with E-state index in [0.29, 0.717) is 6.42 Å². The van der Waals surface area contributed by atoms with Crippen molar-refractivity contribution in [1.29, 1.82) is 0 Å². The van der Waals surface area contributed by atoms with Crippen LogP contribution in [0.2, 0.25) is 0 Å². The molecular formula is C7H16ClNO2. The second-order valence-electron chi connectivity index (χ2n) is 2.66. The Bertz CT molecular complexity index is 126. The van der Waals surface area contributed by atoms with Gasteiger partial charge in [-0.15, -0.1) is 12.4 Å². The molecule has 0 aromatic rings. The molecule has 0 aliphatic carbocycles. The molecule has 68 valence electrons. The van der Waals surface area contributed by atoms with Crippen LogP contribution in [0.25, 0.3) is 0 Å². The molecule has 0 spiro atoms. The molecular weight excluding hydrogens is 166 g/mol. The Balaban J connectivity index is 0. The first kappa shape index (κ1) is 13.3. The van der Waals surface area contributed by atoms with Crippen molar-refractivity contribution in [3.63, 3.8) is 0 Å². The summed E-state index contributed by atoms with van der Waals surface area (Å²) in [6.07, 6.45) is 1.56. The predicted octanol–water partition coefficient (Wildman–Crippen LogP) is 1.10. The summed E-state index contributed by atoms with van der Waals surface area (Å²) in [6, 6.07) is 0. The van der Waals surface area contributed by atoms with Crippen molar-refractivity contribution in [2.24, 2.45) is 5.73 Å². The van der Waals surface area contributed by atoms with Crippen LogP contribution in [-0.4, -0.2) is 18.6 Å². The van der Waals surface area contributed by atoms with E-state index in [-0.39, 0.29) is 18.4 Å². The standard InChI is InChI=1S/C7H15NO2.ClH/c1-4-5-7(2,8)6(9)10-3;/h4-5,8H2,1-3H3;1H/t7-;/m0./s1. The number of hydrogen-bond acceptors (Lipinski definition) is 3. The third-order valence-electron chi connectivity index (χ3n) is 1.42. The van der Waals surface area contributed by atoms with Crippen molar-refractivity contribution in [1.82, 2.24) is 0 Å². The lowest BCUT2D eigenvalue weighted by atomic mass is 9.98. The first-order valence-corrected chi connectivity index (χ1v) is 3.42. The van der Waals surface area contributed by atoms with E-state index in [0.717, 1.165) is 6.42 Å². The van der Waals surface area contributed by atoms with Crippen LogP contribution in [0.1, 0.15) is 26.7 Å². The zero-order valence-corrected chi connectivity index (χ0v) is 8.03. The number of ether oxygens (including phenoxy) is 1. The van der Waals surface area contributed by atoms with Crippen molar-refractivity contribution >= 4 is 18.4 Å². The van der Waals surface area contributed by atoms with Crippen LogP contribution in [0, 0.1) is 0 Å². The fourth-order valence-corrected chi connectivity index (χ4v) is 0.855. The summed E-state index contributed by atoms with van der Waals surface area (Å²) in [5, 5.41) is 0. The lowest BCUT2D eigenvalue weighted by molar-refractivity contribution is -0.146. The Labute approximate surface area is 73.7 Å². The highest BCUT2D eigenvalue weighted by molar-refractivity contribution is 5.85. The molecule has 2 N–H and O–H groups in total. The minimum atomic E-state index is -0.802. The highest BCUT2D eigenvalue weighted by atomic mass is 35.5. The molecule has 0 fully saturated rings. The summed E-state index contributed by atoms with van der Waals surface area (Å²) in [4.78, 5) is 10.9. The van der Waals surface area contributed by atoms with Gasteiger partial charge in [0.2, 0.25) is 0 Å². The third kappa shape index (κ3) is 4.22. The van der Waals surface area contributed by atoms with Gasteiger partial charge < -0.3 is 10.5 Å². The van der Waals surface area contributed by atoms with Gasteiger partial charge in [-0.3, -0.25) is 4.79 Å². The highest BCUT2D eigenvalue weighted by Crippen LogP contribution is 2.09. The number of hydrogen-bond donors (Lipinski definition) is 1. The molecule has 0 heterocycles. The average Bonchev–Trinajstić information content (AvgIpc) is 1.86. The normalized spacial score (nSPS) is 14.5. The zero-order valence-electron chi connectivity index (χ0n) is 7.22. The number of esters is 1. The van der Waals surface area contributed by atoms with Gasteiger partial charge in [0.25, 0.3) is 0 Å². The largest absolute Gasteiger partial charge is 0.468 e. The molecule has 0 saturated heterocycles. The average molecular weight is 182 g/mol. The molecule has 0 saturated carbocycles. The lowest BCUT2D eigenvalue weighted by Gasteiger charge is -2.19. The molecule has 0 aromatic carbocycles. The van der Waals surface area contributed by atoms with Crippen molar-refractivity contribution in [3.05, 3.63) is 0 Å². The molecule has 11 heavy (non-hydrogen) atoms. The third-order valence-corrected chi connectivity index (χ3v) is 1.42. The number of halogens is 1. The van der Waals surface area contributed by atoms with Crippen LogP contribution in [0.15, 0.2) is 0 Å². The Hall–Kier alpha value is -0.280. The second kappa shape index (κ2) is 5.38. The number of rotatable bonds is 3. The monoisotopic (exact) mass is 181 g/mol. The fourth-order valence-electron chi connectivity index (χ4n) is 0.855. The quantitative estimate of drug-likeness (QED) is 0.664. The molecule has 0 aromatic heterocycles. The van der Waals surface area contributed by atoms with Crippen molar-refractivity contribution in [2.45, 2.75) is 32.2 Å². The molecule has 3 nitrogen and oxygen atoms in total. The summed E-state index contributed by atoms with van der Waals surface area (Å²) in [6.45, 7) is 3.66. The SMILES string of the molecule is CCC[C@](C)(N)C(=O)OC.Cl. The van der Waals surface area contributed by atoms with Gasteiger partial charge in [0.05, 0.1) is 7.11 Å². The van der Waals surface area contributed by atoms with Crippen molar-refractivity contribution in [2.75, 3.05) is 7.11 Å². The van der Waals surface area contributed by atoms with Gasteiger partial charge in [-0.25, -0.2) is 0 Å². The van der Waals surface area contributed by atoms with Gasteiger partial charge in [0.15, 0.2) is 0 Å². The highest BCUT2D eigenvalue weighted by Gasteiger charge is 2.27. The van der Waals surface area contributed by atoms with Crippen molar-refractivity contribution in [3.8, 4) is 0 Å². The van der Waals surface area contributed by atoms with Crippen LogP contribution >= 0.6 is 12.4 Å². The number of nitrogens with two attached hydrogens (primary N) is 1. The minimum absolute atomic E-state index is 0. The van der Waals surface area contributed by atoms with Gasteiger partial charge in [0.1, 0.15) is 5.54 Å². The first-order valence-electron chi connectivity index (χ1n) is 3.42. The summed E-state index contributed by atoms with van der Waals surface area (Å²) < 4.78 is 4.50. The Morgan fingerprint density at radius 2 is 2.09 bits per heavy atom. The lowest BCUT2D eigenvalue weighted by Crippen LogP contribution is -2.45. The Morgan fingerprint density at radius 3 is 2.36 bits per heavy atom. The van der Waals surface area contributed by atoms with E-state index >= 15 is 0 Å². The van der Waals surface area contributed by atoms with Crippen LogP contribution < -0.4 is 5.73 Å². The van der Waals surface area contributed by atoms with E-state index in [1.54, 1.807) is 6.92 Å². The zero-order chi connectivity index (χ0) is 8.20. The maximum absolute atomic E-state index is 10.9. The van der Waals surface area contributed by atoms with E-state index in [1.165, 1.54) is 7.11 Å². The summed E-state index contributed by atoms with van der Waals surface area (Å²) in [7, 11) is 1.35. The molecule has 0 unspecified atom stereocenters. The van der Waals surface area contributed by atoms with Gasteiger partial charge in [0, 0.05) is 0 Å². The topological polar surface area (TPSA) is 52.3 Å². The van der Waals surface area contributed by atoms with E-state index in [1.807, 2.05) is 6.92 Å². The van der Waals surface area contributed by atoms with E-state index in [2.05, 4.69) is 4.74 Å². The number of carbonyl (C=O) groups is 1. The van der Waals surface area contributed by atoms with Gasteiger partial charge in [-0.1, -0.05) is 13.3 Å². The van der Waals surface area contributed by atoms with E-state index < -0.39 is 5.54 Å². The number of methoxy groups -OCH3 is 1. The molecule has 4 heteroatoms. The minimum Gasteiger partial charge on any atom is -0.468 e. The fraction of sp³-hybridized carbons (Fsp3) is 0.857.